The molecule has 0 spiro atoms. The summed E-state index contributed by atoms with van der Waals surface area (Å²) in [4.78, 5) is 12.8. The van der Waals surface area contributed by atoms with Crippen LogP contribution < -0.4 is 4.31 Å². The van der Waals surface area contributed by atoms with Gasteiger partial charge in [0.25, 0.3) is 10.0 Å². The number of anilines is 1. The fourth-order valence-corrected chi connectivity index (χ4v) is 7.91. The number of fused-ring (bicyclic) bond motifs is 2. The molecule has 6 heteroatoms. The maximum absolute atomic E-state index is 14.2. The van der Waals surface area contributed by atoms with Gasteiger partial charge in [-0.25, -0.2) is 8.42 Å². The smallest absolute Gasteiger partial charge is 0.305 e. The Kier molecular flexibility index (Phi) is 5.88. The average molecular weight is 470 g/mol. The summed E-state index contributed by atoms with van der Waals surface area (Å²) in [6, 6.07) is 14.0. The van der Waals surface area contributed by atoms with Gasteiger partial charge in [0.05, 0.1) is 16.6 Å². The van der Waals surface area contributed by atoms with Crippen LogP contribution in [-0.2, 0) is 19.6 Å². The van der Waals surface area contributed by atoms with Crippen molar-refractivity contribution in [3.63, 3.8) is 0 Å². The molecule has 2 aromatic carbocycles. The van der Waals surface area contributed by atoms with Crippen LogP contribution in [-0.4, -0.2) is 26.5 Å². The van der Waals surface area contributed by atoms with E-state index in [1.807, 2.05) is 38.1 Å². The molecule has 2 bridgehead atoms. The minimum atomic E-state index is -3.90. The molecule has 2 aliphatic carbocycles. The highest BCUT2D eigenvalue weighted by molar-refractivity contribution is 7.92. The van der Waals surface area contributed by atoms with Gasteiger partial charge in [-0.15, -0.1) is 0 Å². The number of carbonyl (C=O) groups is 1. The first-order chi connectivity index (χ1) is 15.4. The van der Waals surface area contributed by atoms with Gasteiger partial charge in [-0.3, -0.25) is 9.10 Å². The van der Waals surface area contributed by atoms with Crippen molar-refractivity contribution in [2.45, 2.75) is 77.8 Å². The topological polar surface area (TPSA) is 63.7 Å². The van der Waals surface area contributed by atoms with Gasteiger partial charge in [0.2, 0.25) is 0 Å². The summed E-state index contributed by atoms with van der Waals surface area (Å²) in [5, 5.41) is 0. The summed E-state index contributed by atoms with van der Waals surface area (Å²) < 4.78 is 36.1. The molecular weight excluding hydrogens is 434 g/mol. The average Bonchev–Trinajstić information content (AvgIpc) is 3.07. The number of hydrogen-bond donors (Lipinski definition) is 0. The van der Waals surface area contributed by atoms with Crippen LogP contribution in [0.5, 0.6) is 0 Å². The third-order valence-electron chi connectivity index (χ3n) is 8.30. The van der Waals surface area contributed by atoms with E-state index in [-0.39, 0.29) is 34.0 Å². The lowest BCUT2D eigenvalue weighted by Crippen LogP contribution is -2.53. The van der Waals surface area contributed by atoms with Crippen molar-refractivity contribution in [2.75, 3.05) is 4.31 Å². The first kappa shape index (κ1) is 23.8. The number of ether oxygens (including phenoxy) is 1. The van der Waals surface area contributed by atoms with Crippen LogP contribution in [0.3, 0.4) is 0 Å². The minimum Gasteiger partial charge on any atom is -0.460 e. The molecule has 0 aromatic heterocycles. The number of carbonyl (C=O) groups excluding carboxylic acids is 1. The normalized spacial score (nSPS) is 28.0. The lowest BCUT2D eigenvalue weighted by atomic mass is 9.70. The lowest BCUT2D eigenvalue weighted by molar-refractivity contribution is -0.157. The molecule has 33 heavy (non-hydrogen) atoms. The van der Waals surface area contributed by atoms with Crippen molar-refractivity contribution < 1.29 is 17.9 Å². The molecule has 0 radical (unpaired) electrons. The van der Waals surface area contributed by atoms with E-state index < -0.39 is 22.2 Å². The quantitative estimate of drug-likeness (QED) is 0.513. The molecule has 0 amide bonds. The zero-order chi connectivity index (χ0) is 24.2. The standard InChI is InChI=1S/C27H35NO4S/c1-7-23(29)32-25-24(22-13-14-27(25,6)26(22,4)5)28(20-16-18(2)15-19(3)17-20)33(30,31)21-11-9-8-10-12-21/h8-12,15-17,22,24-25H,7,13-14H2,1-6H3/t22-,24+,25+,27+/m1/s1. The van der Waals surface area contributed by atoms with E-state index in [2.05, 4.69) is 20.8 Å². The molecule has 0 aliphatic heterocycles. The van der Waals surface area contributed by atoms with E-state index in [9.17, 15) is 13.2 Å². The van der Waals surface area contributed by atoms with Crippen LogP contribution in [0, 0.1) is 30.6 Å². The van der Waals surface area contributed by atoms with Gasteiger partial charge in [0, 0.05) is 11.8 Å². The molecule has 5 nitrogen and oxygen atoms in total. The maximum atomic E-state index is 14.2. The van der Waals surface area contributed by atoms with E-state index in [1.54, 1.807) is 35.5 Å². The summed E-state index contributed by atoms with van der Waals surface area (Å²) in [5.41, 5.74) is 2.13. The largest absolute Gasteiger partial charge is 0.460 e. The highest BCUT2D eigenvalue weighted by Gasteiger charge is 2.70. The van der Waals surface area contributed by atoms with Gasteiger partial charge >= 0.3 is 5.97 Å². The predicted octanol–water partition coefficient (Wildman–Crippen LogP) is 5.65. The fourth-order valence-electron chi connectivity index (χ4n) is 6.22. The van der Waals surface area contributed by atoms with Gasteiger partial charge in [-0.1, -0.05) is 52.0 Å². The summed E-state index contributed by atoms with van der Waals surface area (Å²) in [6.45, 7) is 12.3. The zero-order valence-corrected chi connectivity index (χ0v) is 21.3. The van der Waals surface area contributed by atoms with Crippen LogP contribution in [0.25, 0.3) is 0 Å². The monoisotopic (exact) mass is 469 g/mol. The Morgan fingerprint density at radius 2 is 1.67 bits per heavy atom. The van der Waals surface area contributed by atoms with Crippen molar-refractivity contribution in [3.05, 3.63) is 59.7 Å². The molecule has 2 aliphatic rings. The minimum absolute atomic E-state index is 0.0662. The van der Waals surface area contributed by atoms with Crippen LogP contribution >= 0.6 is 0 Å². The van der Waals surface area contributed by atoms with Crippen molar-refractivity contribution in [2.24, 2.45) is 16.7 Å². The second kappa shape index (κ2) is 8.15. The third-order valence-corrected chi connectivity index (χ3v) is 10.1. The Balaban J connectivity index is 1.96. The summed E-state index contributed by atoms with van der Waals surface area (Å²) in [7, 11) is -3.90. The number of esters is 1. The highest BCUT2D eigenvalue weighted by atomic mass is 32.2. The second-order valence-electron chi connectivity index (χ2n) is 10.5. The van der Waals surface area contributed by atoms with Crippen molar-refractivity contribution in [1.29, 1.82) is 0 Å². The molecule has 0 heterocycles. The first-order valence-electron chi connectivity index (χ1n) is 11.8. The summed E-state index contributed by atoms with van der Waals surface area (Å²) in [6.07, 6.45) is 1.56. The van der Waals surface area contributed by atoms with Gasteiger partial charge in [0.1, 0.15) is 6.10 Å². The molecule has 2 fully saturated rings. The number of hydrogen-bond acceptors (Lipinski definition) is 4. The van der Waals surface area contributed by atoms with Gasteiger partial charge in [-0.2, -0.15) is 0 Å². The number of rotatable bonds is 6. The molecular formula is C27H35NO4S. The van der Waals surface area contributed by atoms with Crippen molar-refractivity contribution in [3.8, 4) is 0 Å². The maximum Gasteiger partial charge on any atom is 0.305 e. The Hall–Kier alpha value is -2.34. The molecule has 0 saturated heterocycles. The zero-order valence-electron chi connectivity index (χ0n) is 20.5. The predicted molar refractivity (Wildman–Crippen MR) is 131 cm³/mol. The van der Waals surface area contributed by atoms with Crippen LogP contribution in [0.15, 0.2) is 53.4 Å². The second-order valence-corrected chi connectivity index (χ2v) is 12.3. The number of nitrogens with zero attached hydrogens (tertiary/aromatic N) is 1. The molecule has 4 rings (SSSR count). The Morgan fingerprint density at radius 1 is 1.06 bits per heavy atom. The first-order valence-corrected chi connectivity index (χ1v) is 13.2. The van der Waals surface area contributed by atoms with Gasteiger partial charge in [0.15, 0.2) is 0 Å². The SMILES string of the molecule is CCC(=O)O[C@H]1[C@@H](N(c2cc(C)cc(C)c2)S(=O)(=O)c2ccccc2)[C@H]2CC[C@]1(C)C2(C)C. The summed E-state index contributed by atoms with van der Waals surface area (Å²) >= 11 is 0. The van der Waals surface area contributed by atoms with Crippen molar-refractivity contribution >= 4 is 21.7 Å². The van der Waals surface area contributed by atoms with E-state index in [4.69, 9.17) is 4.74 Å². The van der Waals surface area contributed by atoms with Crippen LogP contribution in [0.4, 0.5) is 5.69 Å². The van der Waals surface area contributed by atoms with Gasteiger partial charge < -0.3 is 4.74 Å². The number of sulfonamides is 1. The summed E-state index contributed by atoms with van der Waals surface area (Å²) in [5.74, 6) is -0.219. The Morgan fingerprint density at radius 3 is 2.24 bits per heavy atom. The van der Waals surface area contributed by atoms with E-state index in [1.165, 1.54) is 0 Å². The van der Waals surface area contributed by atoms with E-state index in [0.717, 1.165) is 24.0 Å². The van der Waals surface area contributed by atoms with Crippen LogP contribution in [0.1, 0.15) is 58.1 Å². The molecule has 178 valence electrons. The molecule has 0 unspecified atom stereocenters. The molecule has 0 N–H and O–H groups in total. The van der Waals surface area contributed by atoms with Gasteiger partial charge in [-0.05, 0) is 73.4 Å². The Bertz CT molecular complexity index is 1140. The fraction of sp³-hybridized carbons (Fsp3) is 0.519. The Labute approximate surface area is 198 Å². The number of aryl methyl sites for hydroxylation is 2. The highest BCUT2D eigenvalue weighted by Crippen LogP contribution is 2.67. The third kappa shape index (κ3) is 3.67. The van der Waals surface area contributed by atoms with E-state index in [0.29, 0.717) is 5.69 Å². The van der Waals surface area contributed by atoms with E-state index >= 15 is 0 Å². The molecule has 2 aromatic rings. The lowest BCUT2D eigenvalue weighted by Gasteiger charge is -2.42. The molecule has 2 saturated carbocycles. The number of benzene rings is 2. The van der Waals surface area contributed by atoms with Crippen LogP contribution in [0.2, 0.25) is 0 Å². The van der Waals surface area contributed by atoms with Crippen molar-refractivity contribution in [1.82, 2.24) is 0 Å². The molecule has 4 atom stereocenters.